The minimum atomic E-state index is -3.59. The molecule has 0 saturated carbocycles. The van der Waals surface area contributed by atoms with Gasteiger partial charge in [0.2, 0.25) is 10.0 Å². The molecule has 8 heteroatoms. The Morgan fingerprint density at radius 3 is 2.64 bits per heavy atom. The first kappa shape index (κ1) is 19.1. The smallest absolute Gasteiger partial charge is 0.271 e. The molecule has 1 aliphatic heterocycles. The fourth-order valence-electron chi connectivity index (χ4n) is 3.99. The second kappa shape index (κ2) is 7.33. The highest BCUT2D eigenvalue weighted by atomic mass is 32.2. The molecule has 4 rings (SSSR count). The first-order valence-corrected chi connectivity index (χ1v) is 11.3. The third-order valence-corrected chi connectivity index (χ3v) is 6.83. The van der Waals surface area contributed by atoms with Crippen LogP contribution >= 0.6 is 0 Å². The quantitative estimate of drug-likeness (QED) is 0.798. The first-order chi connectivity index (χ1) is 13.3. The highest BCUT2D eigenvalue weighted by Crippen LogP contribution is 2.25. The number of amides is 1. The molecule has 0 bridgehead atoms. The average Bonchev–Trinajstić information content (AvgIpc) is 3.18. The van der Waals surface area contributed by atoms with Crippen molar-refractivity contribution in [2.75, 3.05) is 0 Å². The van der Waals surface area contributed by atoms with Crippen molar-refractivity contribution in [3.05, 3.63) is 46.8 Å². The monoisotopic (exact) mass is 402 g/mol. The van der Waals surface area contributed by atoms with Crippen molar-refractivity contribution >= 4 is 15.9 Å². The van der Waals surface area contributed by atoms with Gasteiger partial charge in [0.05, 0.1) is 11.4 Å². The van der Waals surface area contributed by atoms with Crippen molar-refractivity contribution in [1.29, 1.82) is 0 Å². The van der Waals surface area contributed by atoms with E-state index < -0.39 is 10.0 Å². The number of sulfonamides is 1. The number of fused-ring (bicyclic) bond motifs is 2. The predicted molar refractivity (Wildman–Crippen MR) is 106 cm³/mol. The van der Waals surface area contributed by atoms with E-state index in [0.717, 1.165) is 30.5 Å². The Kier molecular flexibility index (Phi) is 5.01. The van der Waals surface area contributed by atoms with Crippen LogP contribution in [0.5, 0.6) is 0 Å². The van der Waals surface area contributed by atoms with Crippen molar-refractivity contribution in [1.82, 2.24) is 19.8 Å². The largest absolute Gasteiger partial charge is 0.348 e. The fraction of sp³-hybridized carbons (Fsp3) is 0.500. The van der Waals surface area contributed by atoms with Gasteiger partial charge in [-0.15, -0.1) is 0 Å². The van der Waals surface area contributed by atoms with Gasteiger partial charge in [0, 0.05) is 24.2 Å². The Balaban J connectivity index is 1.44. The Hall–Kier alpha value is -2.19. The van der Waals surface area contributed by atoms with Crippen molar-refractivity contribution in [3.63, 3.8) is 0 Å². The lowest BCUT2D eigenvalue weighted by atomic mass is 9.92. The molecule has 1 aromatic heterocycles. The number of rotatable bonds is 5. The lowest BCUT2D eigenvalue weighted by Gasteiger charge is -2.18. The third kappa shape index (κ3) is 3.84. The zero-order chi connectivity index (χ0) is 19.9. The van der Waals surface area contributed by atoms with Gasteiger partial charge in [0.15, 0.2) is 0 Å². The van der Waals surface area contributed by atoms with E-state index in [1.54, 1.807) is 16.8 Å². The molecule has 2 heterocycles. The molecule has 0 fully saturated rings. The second-order valence-electron chi connectivity index (χ2n) is 7.99. The van der Waals surface area contributed by atoms with Crippen LogP contribution in [-0.4, -0.2) is 36.2 Å². The highest BCUT2D eigenvalue weighted by Gasteiger charge is 2.29. The summed E-state index contributed by atoms with van der Waals surface area (Å²) >= 11 is 0. The average molecular weight is 403 g/mol. The molecule has 7 nitrogen and oxygen atoms in total. The van der Waals surface area contributed by atoms with Crippen LogP contribution in [0.25, 0.3) is 0 Å². The molecule has 0 spiro atoms. The summed E-state index contributed by atoms with van der Waals surface area (Å²) in [6, 6.07) is 6.99. The number of benzene rings is 1. The predicted octanol–water partition coefficient (Wildman–Crippen LogP) is 1.80. The fourth-order valence-corrected chi connectivity index (χ4v) is 5.27. The summed E-state index contributed by atoms with van der Waals surface area (Å²) in [5, 5.41) is 7.14. The molecule has 0 unspecified atom stereocenters. The number of aromatic nitrogens is 2. The van der Waals surface area contributed by atoms with Crippen LogP contribution in [0.2, 0.25) is 0 Å². The Morgan fingerprint density at radius 2 is 1.93 bits per heavy atom. The van der Waals surface area contributed by atoms with Crippen LogP contribution < -0.4 is 10.0 Å². The van der Waals surface area contributed by atoms with E-state index in [9.17, 15) is 13.2 Å². The van der Waals surface area contributed by atoms with Crippen molar-refractivity contribution in [2.24, 2.45) is 0 Å². The van der Waals surface area contributed by atoms with Crippen molar-refractivity contribution in [2.45, 2.75) is 69.5 Å². The normalized spacial score (nSPS) is 18.8. The number of nitrogens with one attached hydrogen (secondary N) is 2. The van der Waals surface area contributed by atoms with E-state index >= 15 is 0 Å². The van der Waals surface area contributed by atoms with Crippen molar-refractivity contribution < 1.29 is 13.2 Å². The number of carbonyl (C=O) groups is 1. The molecule has 1 atom stereocenters. The number of aryl methyl sites for hydroxylation is 2. The molecule has 1 aromatic carbocycles. The molecular weight excluding hydrogens is 376 g/mol. The van der Waals surface area contributed by atoms with E-state index in [-0.39, 0.29) is 18.0 Å². The standard InChI is InChI=1S/C20H26N4O3S/c1-13(2)21-20(25)19-11-17-10-16(12-24(17)22-19)23-28(26,27)18-8-7-14-5-3-4-6-15(14)9-18/h7-9,11,13,16,23H,3-6,10,12H2,1-2H3,(H,21,25)/t16-/m0/s1. The number of nitrogens with zero attached hydrogens (tertiary/aromatic N) is 2. The number of hydrogen-bond acceptors (Lipinski definition) is 4. The molecule has 28 heavy (non-hydrogen) atoms. The molecule has 0 radical (unpaired) electrons. The summed E-state index contributed by atoms with van der Waals surface area (Å²) in [7, 11) is -3.59. The molecule has 2 aliphatic rings. The molecule has 150 valence electrons. The summed E-state index contributed by atoms with van der Waals surface area (Å²) < 4.78 is 30.2. The minimum Gasteiger partial charge on any atom is -0.348 e. The second-order valence-corrected chi connectivity index (χ2v) is 9.71. The summed E-state index contributed by atoms with van der Waals surface area (Å²) in [6.45, 7) is 4.22. The Morgan fingerprint density at radius 1 is 1.18 bits per heavy atom. The van der Waals surface area contributed by atoms with E-state index in [1.165, 1.54) is 12.0 Å². The number of carbonyl (C=O) groups excluding carboxylic acids is 1. The van der Waals surface area contributed by atoms with Crippen LogP contribution in [0.15, 0.2) is 29.2 Å². The Bertz CT molecular complexity index is 987. The van der Waals surface area contributed by atoms with E-state index in [0.29, 0.717) is 23.6 Å². The summed E-state index contributed by atoms with van der Waals surface area (Å²) in [5.74, 6) is -0.205. The van der Waals surface area contributed by atoms with Gasteiger partial charge in [-0.25, -0.2) is 13.1 Å². The summed E-state index contributed by atoms with van der Waals surface area (Å²) in [5.41, 5.74) is 3.65. The SMILES string of the molecule is CC(C)NC(=O)c1cc2n(n1)C[C@@H](NS(=O)(=O)c1ccc3c(c1)CCCC3)C2. The van der Waals surface area contributed by atoms with Crippen molar-refractivity contribution in [3.8, 4) is 0 Å². The van der Waals surface area contributed by atoms with E-state index in [1.807, 2.05) is 26.0 Å². The maximum Gasteiger partial charge on any atom is 0.271 e. The van der Waals surface area contributed by atoms with E-state index in [2.05, 4.69) is 15.1 Å². The van der Waals surface area contributed by atoms with Gasteiger partial charge >= 0.3 is 0 Å². The van der Waals surface area contributed by atoms with Gasteiger partial charge < -0.3 is 5.32 Å². The van der Waals surface area contributed by atoms with Crippen LogP contribution in [0.3, 0.4) is 0 Å². The van der Waals surface area contributed by atoms with Gasteiger partial charge in [-0.2, -0.15) is 5.10 Å². The van der Waals surface area contributed by atoms with Gasteiger partial charge in [-0.05, 0) is 68.9 Å². The van der Waals surface area contributed by atoms with Gasteiger partial charge in [0.1, 0.15) is 5.69 Å². The zero-order valence-electron chi connectivity index (χ0n) is 16.2. The molecular formula is C20H26N4O3S. The topological polar surface area (TPSA) is 93.1 Å². The van der Waals surface area contributed by atoms with Crippen LogP contribution in [0.1, 0.15) is 54.0 Å². The summed E-state index contributed by atoms with van der Waals surface area (Å²) in [6.07, 6.45) is 4.77. The minimum absolute atomic E-state index is 0.0419. The molecule has 0 saturated heterocycles. The third-order valence-electron chi connectivity index (χ3n) is 5.32. The van der Waals surface area contributed by atoms with Gasteiger partial charge in [0.25, 0.3) is 5.91 Å². The molecule has 2 aromatic rings. The summed E-state index contributed by atoms with van der Waals surface area (Å²) in [4.78, 5) is 12.4. The molecule has 1 aliphatic carbocycles. The maximum absolute atomic E-state index is 12.8. The number of hydrogen-bond donors (Lipinski definition) is 2. The van der Waals surface area contributed by atoms with Crippen LogP contribution in [-0.2, 0) is 35.8 Å². The van der Waals surface area contributed by atoms with Crippen LogP contribution in [0.4, 0.5) is 0 Å². The molecule has 1 amide bonds. The highest BCUT2D eigenvalue weighted by molar-refractivity contribution is 7.89. The maximum atomic E-state index is 12.8. The molecule has 2 N–H and O–H groups in total. The zero-order valence-corrected chi connectivity index (χ0v) is 17.1. The Labute approximate surface area is 165 Å². The van der Waals surface area contributed by atoms with Gasteiger partial charge in [-0.1, -0.05) is 6.07 Å². The van der Waals surface area contributed by atoms with Crippen LogP contribution in [0, 0.1) is 0 Å². The van der Waals surface area contributed by atoms with E-state index in [4.69, 9.17) is 0 Å². The lowest BCUT2D eigenvalue weighted by molar-refractivity contribution is 0.0937. The van der Waals surface area contributed by atoms with Gasteiger partial charge in [-0.3, -0.25) is 9.48 Å². The lowest BCUT2D eigenvalue weighted by Crippen LogP contribution is -2.36. The first-order valence-electron chi connectivity index (χ1n) is 9.83.